The van der Waals surface area contributed by atoms with E-state index in [0.29, 0.717) is 22.9 Å². The maximum atomic E-state index is 13.0. The molecule has 0 aliphatic rings. The normalized spacial score (nSPS) is 11.7. The topological polar surface area (TPSA) is 34.1 Å². The molecule has 2 rings (SSSR count). The molecule has 3 nitrogen and oxygen atoms in total. The highest BCUT2D eigenvalue weighted by Crippen LogP contribution is 2.38. The van der Waals surface area contributed by atoms with Crippen LogP contribution in [0.25, 0.3) is 10.6 Å². The number of halogens is 3. The molecule has 1 N–H and O–H groups in total. The highest BCUT2D eigenvalue weighted by atomic mass is 32.1. The number of alkyl halides is 3. The van der Waals surface area contributed by atoms with Crippen molar-refractivity contribution in [3.63, 3.8) is 0 Å². The predicted octanol–water partition coefficient (Wildman–Crippen LogP) is 3.95. The van der Waals surface area contributed by atoms with Gasteiger partial charge in [0.25, 0.3) is 0 Å². The minimum Gasteiger partial charge on any atom is -0.494 e. The monoisotopic (exact) mass is 316 g/mol. The van der Waals surface area contributed by atoms with E-state index in [1.807, 2.05) is 6.92 Å². The van der Waals surface area contributed by atoms with Crippen molar-refractivity contribution < 1.29 is 17.9 Å². The molecule has 0 saturated carbocycles. The first-order valence-electron chi connectivity index (χ1n) is 6.40. The maximum absolute atomic E-state index is 13.0. The van der Waals surface area contributed by atoms with Gasteiger partial charge < -0.3 is 10.1 Å². The molecule has 114 valence electrons. The number of rotatable bonds is 5. The third-order valence-corrected chi connectivity index (χ3v) is 3.80. The number of hydrogen-bond donors (Lipinski definition) is 1. The molecule has 7 heteroatoms. The molecule has 0 atom stereocenters. The lowest BCUT2D eigenvalue weighted by Crippen LogP contribution is -2.12. The van der Waals surface area contributed by atoms with Crippen molar-refractivity contribution in [3.05, 3.63) is 34.8 Å². The molecule has 1 heterocycles. The molecular weight excluding hydrogens is 301 g/mol. The summed E-state index contributed by atoms with van der Waals surface area (Å²) in [5.74, 6) is 0.619. The van der Waals surface area contributed by atoms with Crippen molar-refractivity contribution in [1.29, 1.82) is 0 Å². The Hall–Kier alpha value is -1.60. The summed E-state index contributed by atoms with van der Waals surface area (Å²) in [6.45, 7) is 2.49. The number of aromatic nitrogens is 1. The number of hydrogen-bond acceptors (Lipinski definition) is 4. The molecule has 0 aliphatic carbocycles. The molecule has 0 aliphatic heterocycles. The van der Waals surface area contributed by atoms with Crippen LogP contribution in [0.15, 0.2) is 24.3 Å². The third-order valence-electron chi connectivity index (χ3n) is 2.70. The third kappa shape index (κ3) is 3.74. The van der Waals surface area contributed by atoms with Gasteiger partial charge in [-0.3, -0.25) is 0 Å². The van der Waals surface area contributed by atoms with Gasteiger partial charge in [0.2, 0.25) is 0 Å². The fourth-order valence-corrected chi connectivity index (χ4v) is 2.95. The van der Waals surface area contributed by atoms with Crippen molar-refractivity contribution in [3.8, 4) is 16.3 Å². The van der Waals surface area contributed by atoms with Crippen LogP contribution in [0.5, 0.6) is 5.75 Å². The van der Waals surface area contributed by atoms with E-state index in [9.17, 15) is 13.2 Å². The minimum atomic E-state index is -4.45. The second kappa shape index (κ2) is 6.44. The van der Waals surface area contributed by atoms with E-state index in [1.165, 1.54) is 0 Å². The molecule has 0 saturated heterocycles. The van der Waals surface area contributed by atoms with Crippen LogP contribution in [0.3, 0.4) is 0 Å². The quantitative estimate of drug-likeness (QED) is 0.907. The van der Waals surface area contributed by atoms with Gasteiger partial charge >= 0.3 is 6.18 Å². The van der Waals surface area contributed by atoms with E-state index in [4.69, 9.17) is 4.74 Å². The van der Waals surface area contributed by atoms with E-state index < -0.39 is 11.9 Å². The van der Waals surface area contributed by atoms with Crippen molar-refractivity contribution in [2.24, 2.45) is 0 Å². The van der Waals surface area contributed by atoms with Gasteiger partial charge in [-0.25, -0.2) is 4.98 Å². The summed E-state index contributed by atoms with van der Waals surface area (Å²) in [7, 11) is 1.61. The number of nitrogens with one attached hydrogen (secondary N) is 1. The molecule has 0 amide bonds. The lowest BCUT2D eigenvalue weighted by molar-refractivity contribution is -0.141. The van der Waals surface area contributed by atoms with Crippen LogP contribution in [0.1, 0.15) is 17.5 Å². The molecule has 1 aromatic heterocycles. The first kappa shape index (κ1) is 15.8. The first-order chi connectivity index (χ1) is 9.95. The van der Waals surface area contributed by atoms with Crippen LogP contribution >= 0.6 is 11.3 Å². The zero-order valence-corrected chi connectivity index (χ0v) is 12.4. The van der Waals surface area contributed by atoms with Gasteiger partial charge in [-0.1, -0.05) is 12.1 Å². The molecule has 0 spiro atoms. The highest BCUT2D eigenvalue weighted by Gasteiger charge is 2.37. The smallest absolute Gasteiger partial charge is 0.434 e. The Morgan fingerprint density at radius 1 is 1.33 bits per heavy atom. The van der Waals surface area contributed by atoms with E-state index in [-0.39, 0.29) is 11.4 Å². The van der Waals surface area contributed by atoms with Crippen LogP contribution in [-0.2, 0) is 12.7 Å². The van der Waals surface area contributed by atoms with Crippen molar-refractivity contribution in [2.45, 2.75) is 19.6 Å². The second-order valence-corrected chi connectivity index (χ2v) is 5.36. The van der Waals surface area contributed by atoms with Crippen LogP contribution in [0, 0.1) is 0 Å². The summed E-state index contributed by atoms with van der Waals surface area (Å²) >= 11 is 1.04. The van der Waals surface area contributed by atoms with Gasteiger partial charge in [0.15, 0.2) is 5.69 Å². The summed E-state index contributed by atoms with van der Waals surface area (Å²) in [5.41, 5.74) is -0.197. The summed E-state index contributed by atoms with van der Waals surface area (Å²) in [5, 5.41) is 3.08. The van der Waals surface area contributed by atoms with Crippen LogP contribution in [0.2, 0.25) is 0 Å². The van der Waals surface area contributed by atoms with Crippen molar-refractivity contribution >= 4 is 11.3 Å². The summed E-state index contributed by atoms with van der Waals surface area (Å²) in [4.78, 5) is 3.95. The lowest BCUT2D eigenvalue weighted by atomic mass is 10.2. The number of nitrogens with zero attached hydrogens (tertiary/aromatic N) is 1. The average Bonchev–Trinajstić information content (AvgIpc) is 2.84. The molecule has 0 unspecified atom stereocenters. The number of ether oxygens (including phenoxy) is 1. The standard InChI is InChI=1S/C14H15F3N2OS/c1-3-20-10-6-4-5-9(7-10)13-19-12(14(15,16)17)11(21-13)8-18-2/h4-7,18H,3,8H2,1-2H3. The first-order valence-corrected chi connectivity index (χ1v) is 7.22. The minimum absolute atomic E-state index is 0.137. The van der Waals surface area contributed by atoms with Gasteiger partial charge in [0, 0.05) is 12.1 Å². The van der Waals surface area contributed by atoms with Gasteiger partial charge in [0.1, 0.15) is 10.8 Å². The van der Waals surface area contributed by atoms with Crippen LogP contribution in [0.4, 0.5) is 13.2 Å². The fraction of sp³-hybridized carbons (Fsp3) is 0.357. The lowest BCUT2D eigenvalue weighted by Gasteiger charge is -2.05. The molecule has 0 bridgehead atoms. The second-order valence-electron chi connectivity index (χ2n) is 4.28. The predicted molar refractivity (Wildman–Crippen MR) is 76.5 cm³/mol. The average molecular weight is 316 g/mol. The zero-order chi connectivity index (χ0) is 15.5. The Morgan fingerprint density at radius 2 is 2.10 bits per heavy atom. The molecule has 0 radical (unpaired) electrons. The SMILES string of the molecule is CCOc1cccc(-c2nc(C(F)(F)F)c(CNC)s2)c1. The van der Waals surface area contributed by atoms with Crippen LogP contribution < -0.4 is 10.1 Å². The summed E-state index contributed by atoms with van der Waals surface area (Å²) in [6, 6.07) is 6.93. The van der Waals surface area contributed by atoms with E-state index >= 15 is 0 Å². The molecule has 2 aromatic rings. The Morgan fingerprint density at radius 3 is 2.71 bits per heavy atom. The van der Waals surface area contributed by atoms with Gasteiger partial charge in [-0.2, -0.15) is 13.2 Å². The molecule has 0 fully saturated rings. The summed E-state index contributed by atoms with van der Waals surface area (Å²) < 4.78 is 44.3. The van der Waals surface area contributed by atoms with Crippen LogP contribution in [-0.4, -0.2) is 18.6 Å². The van der Waals surface area contributed by atoms with Gasteiger partial charge in [-0.15, -0.1) is 11.3 Å². The van der Waals surface area contributed by atoms with Crippen molar-refractivity contribution in [2.75, 3.05) is 13.7 Å². The Kier molecular flexibility index (Phi) is 4.84. The van der Waals surface area contributed by atoms with Crippen molar-refractivity contribution in [1.82, 2.24) is 10.3 Å². The van der Waals surface area contributed by atoms with E-state index in [1.54, 1.807) is 31.3 Å². The number of thiazole rings is 1. The molecule has 1 aromatic carbocycles. The maximum Gasteiger partial charge on any atom is 0.434 e. The summed E-state index contributed by atoms with van der Waals surface area (Å²) in [6.07, 6.45) is -4.45. The largest absolute Gasteiger partial charge is 0.494 e. The zero-order valence-electron chi connectivity index (χ0n) is 11.6. The Balaban J connectivity index is 2.42. The molecular formula is C14H15F3N2OS. The Labute approximate surface area is 124 Å². The Bertz CT molecular complexity index is 611. The van der Waals surface area contributed by atoms with E-state index in [2.05, 4.69) is 10.3 Å². The highest BCUT2D eigenvalue weighted by molar-refractivity contribution is 7.15. The fourth-order valence-electron chi connectivity index (χ4n) is 1.86. The molecule has 21 heavy (non-hydrogen) atoms. The van der Waals surface area contributed by atoms with E-state index in [0.717, 1.165) is 11.3 Å². The van der Waals surface area contributed by atoms with Gasteiger partial charge in [-0.05, 0) is 26.1 Å². The van der Waals surface area contributed by atoms with Gasteiger partial charge in [0.05, 0.1) is 11.5 Å². The number of benzene rings is 1.